The Morgan fingerprint density at radius 2 is 1.88 bits per heavy atom. The number of fused-ring (bicyclic) bond motifs is 2. The van der Waals surface area contributed by atoms with E-state index in [1.54, 1.807) is 12.1 Å². The smallest absolute Gasteiger partial charge is 0.324 e. The van der Waals surface area contributed by atoms with E-state index in [0.29, 0.717) is 27.2 Å². The highest BCUT2D eigenvalue weighted by Gasteiger charge is 2.35. The van der Waals surface area contributed by atoms with Crippen LogP contribution in [0, 0.1) is 5.92 Å². The third-order valence-corrected chi connectivity index (χ3v) is 7.38. The lowest BCUT2D eigenvalue weighted by atomic mass is 9.99. The van der Waals surface area contributed by atoms with Crippen molar-refractivity contribution in [1.29, 1.82) is 0 Å². The third-order valence-electron chi connectivity index (χ3n) is 5.92. The molecule has 3 aromatic rings. The summed E-state index contributed by atoms with van der Waals surface area (Å²) < 4.78 is 0.922. The van der Waals surface area contributed by atoms with E-state index in [1.165, 1.54) is 11.3 Å². The number of nitrogens with zero attached hydrogens (tertiary/aromatic N) is 1. The van der Waals surface area contributed by atoms with Crippen LogP contribution >= 0.6 is 22.9 Å². The second-order valence-corrected chi connectivity index (χ2v) is 10.6. The van der Waals surface area contributed by atoms with Crippen LogP contribution in [0.1, 0.15) is 34.6 Å². The molecule has 0 radical (unpaired) electrons. The first kappa shape index (κ1) is 22.6. The largest absolute Gasteiger partial charge is 0.365 e. The van der Waals surface area contributed by atoms with E-state index in [2.05, 4.69) is 31.5 Å². The van der Waals surface area contributed by atoms with Gasteiger partial charge in [-0.05, 0) is 17.7 Å². The maximum absolute atomic E-state index is 12.9. The van der Waals surface area contributed by atoms with Crippen LogP contribution in [0.4, 0.5) is 15.5 Å². The average Bonchev–Trinajstić information content (AvgIpc) is 3.06. The Kier molecular flexibility index (Phi) is 6.16. The second kappa shape index (κ2) is 8.73. The van der Waals surface area contributed by atoms with Crippen LogP contribution in [0.5, 0.6) is 0 Å². The molecule has 0 bridgehead atoms. The second-order valence-electron chi connectivity index (χ2n) is 9.12. The van der Waals surface area contributed by atoms with Crippen molar-refractivity contribution in [1.82, 2.24) is 0 Å². The molecule has 8 heteroatoms. The molecule has 1 unspecified atom stereocenters. The number of carbonyl (C=O) groups excluding carboxylic acids is 2. The molecule has 1 aromatic heterocycles. The summed E-state index contributed by atoms with van der Waals surface area (Å²) in [5.74, 6) is 0.0735. The van der Waals surface area contributed by atoms with Crippen molar-refractivity contribution >= 4 is 56.3 Å². The molecule has 0 fully saturated rings. The molecule has 0 saturated heterocycles. The molecule has 0 aliphatic carbocycles. The van der Waals surface area contributed by atoms with E-state index in [-0.39, 0.29) is 0 Å². The molecule has 4 rings (SSSR count). The van der Waals surface area contributed by atoms with E-state index >= 15 is 0 Å². The first-order valence-electron chi connectivity index (χ1n) is 10.7. The Balaban J connectivity index is 1.60. The summed E-state index contributed by atoms with van der Waals surface area (Å²) >= 11 is 7.74. The van der Waals surface area contributed by atoms with Gasteiger partial charge in [0.05, 0.1) is 36.3 Å². The van der Waals surface area contributed by atoms with Gasteiger partial charge in [0.2, 0.25) is 0 Å². The number of quaternary nitrogens is 1. The molecular formula is C24H28ClN4O2S+. The van der Waals surface area contributed by atoms with Crippen molar-refractivity contribution in [2.75, 3.05) is 30.8 Å². The Hall–Kier alpha value is -2.61. The molecule has 6 nitrogen and oxygen atoms in total. The topological polar surface area (TPSA) is 84.2 Å². The predicted octanol–water partition coefficient (Wildman–Crippen LogP) is 5.46. The first-order chi connectivity index (χ1) is 15.2. The lowest BCUT2D eigenvalue weighted by Gasteiger charge is -2.39. The number of rotatable bonds is 5. The number of hydrogen-bond acceptors (Lipinski definition) is 3. The highest BCUT2D eigenvalue weighted by atomic mass is 35.5. The van der Waals surface area contributed by atoms with Gasteiger partial charge in [-0.1, -0.05) is 49.7 Å². The summed E-state index contributed by atoms with van der Waals surface area (Å²) in [6.45, 7) is 7.30. The maximum Gasteiger partial charge on any atom is 0.324 e. The van der Waals surface area contributed by atoms with Gasteiger partial charge in [0.1, 0.15) is 11.5 Å². The fourth-order valence-corrected chi connectivity index (χ4v) is 6.37. The molecule has 1 aliphatic heterocycles. The summed E-state index contributed by atoms with van der Waals surface area (Å²) in [7, 11) is 2.25. The van der Waals surface area contributed by atoms with Crippen LogP contribution in [0.25, 0.3) is 10.8 Å². The zero-order valence-electron chi connectivity index (χ0n) is 18.5. The lowest BCUT2D eigenvalue weighted by molar-refractivity contribution is -0.926. The van der Waals surface area contributed by atoms with E-state index < -0.39 is 11.9 Å². The van der Waals surface area contributed by atoms with Gasteiger partial charge in [0.25, 0.3) is 5.91 Å². The van der Waals surface area contributed by atoms with Crippen LogP contribution in [0.15, 0.2) is 36.4 Å². The minimum atomic E-state index is -0.505. The number of anilines is 2. The van der Waals surface area contributed by atoms with Gasteiger partial charge in [-0.25, -0.2) is 4.79 Å². The molecule has 4 N–H and O–H groups in total. The van der Waals surface area contributed by atoms with Gasteiger partial charge in [-0.15, -0.1) is 11.3 Å². The zero-order valence-corrected chi connectivity index (χ0v) is 20.1. The number of urea groups is 1. The molecule has 168 valence electrons. The Bertz CT molecular complexity index is 1210. The Morgan fingerprint density at radius 3 is 2.56 bits per heavy atom. The van der Waals surface area contributed by atoms with Gasteiger partial charge in [-0.2, -0.15) is 0 Å². The van der Waals surface area contributed by atoms with Crippen molar-refractivity contribution in [3.63, 3.8) is 0 Å². The number of hydrogen-bond donors (Lipinski definition) is 3. The fourth-order valence-electron chi connectivity index (χ4n) is 4.73. The molecule has 1 atom stereocenters. The molecule has 0 saturated carbocycles. The fraction of sp³-hybridized carbons (Fsp3) is 0.333. The van der Waals surface area contributed by atoms with Gasteiger partial charge in [-0.3, -0.25) is 10.1 Å². The van der Waals surface area contributed by atoms with Gasteiger partial charge < -0.3 is 15.5 Å². The van der Waals surface area contributed by atoms with E-state index in [9.17, 15) is 9.59 Å². The highest BCUT2D eigenvalue weighted by Crippen LogP contribution is 2.39. The van der Waals surface area contributed by atoms with Gasteiger partial charge >= 0.3 is 6.03 Å². The Morgan fingerprint density at radius 1 is 1.16 bits per heavy atom. The van der Waals surface area contributed by atoms with E-state index in [0.717, 1.165) is 51.8 Å². The van der Waals surface area contributed by atoms with Crippen LogP contribution in [0.2, 0.25) is 5.02 Å². The Labute approximate surface area is 196 Å². The molecular weight excluding hydrogens is 444 g/mol. The SMILES string of the molecule is CC(C)C[N+]1(C)CCc2c(sc(NC(=O)Nc3ccc(Cl)c4ccccc34)c2C(N)=O)C1. The zero-order chi connectivity index (χ0) is 23.0. The first-order valence-corrected chi connectivity index (χ1v) is 11.9. The van der Waals surface area contributed by atoms with E-state index in [1.807, 2.05) is 24.3 Å². The number of primary amides is 1. The maximum atomic E-state index is 12.9. The van der Waals surface area contributed by atoms with Crippen molar-refractivity contribution in [3.8, 4) is 0 Å². The molecule has 2 heterocycles. The van der Waals surface area contributed by atoms with Gasteiger partial charge in [0.15, 0.2) is 0 Å². The van der Waals surface area contributed by atoms with Crippen molar-refractivity contribution in [3.05, 3.63) is 57.4 Å². The number of amides is 3. The number of halogens is 1. The summed E-state index contributed by atoms with van der Waals surface area (Å²) in [4.78, 5) is 26.3. The average molecular weight is 472 g/mol. The number of carbonyl (C=O) groups is 2. The number of likely N-dealkylation sites (N-methyl/N-ethyl adjacent to an activating group) is 1. The summed E-state index contributed by atoms with van der Waals surface area (Å²) in [6, 6.07) is 10.7. The normalized spacial score (nSPS) is 17.9. The number of nitrogens with one attached hydrogen (secondary N) is 2. The van der Waals surface area contributed by atoms with Gasteiger partial charge in [0, 0.05) is 28.1 Å². The van der Waals surface area contributed by atoms with Crippen molar-refractivity contribution < 1.29 is 14.1 Å². The van der Waals surface area contributed by atoms with Crippen LogP contribution in [0.3, 0.4) is 0 Å². The summed E-state index contributed by atoms with van der Waals surface area (Å²) in [6.07, 6.45) is 0.776. The number of thiophene rings is 1. The number of benzene rings is 2. The van der Waals surface area contributed by atoms with Crippen LogP contribution in [-0.4, -0.2) is 36.6 Å². The molecule has 1 aliphatic rings. The van der Waals surface area contributed by atoms with E-state index in [4.69, 9.17) is 17.3 Å². The van der Waals surface area contributed by atoms with Crippen molar-refractivity contribution in [2.45, 2.75) is 26.8 Å². The molecule has 0 spiro atoms. The van der Waals surface area contributed by atoms with Crippen LogP contribution < -0.4 is 16.4 Å². The third kappa shape index (κ3) is 4.46. The van der Waals surface area contributed by atoms with Crippen molar-refractivity contribution in [2.24, 2.45) is 11.7 Å². The monoisotopic (exact) mass is 471 g/mol. The molecule has 32 heavy (non-hydrogen) atoms. The predicted molar refractivity (Wildman–Crippen MR) is 133 cm³/mol. The minimum absolute atomic E-state index is 0.419. The standard InChI is InChI=1S/C24H27ClN4O2S/c1-14(2)12-29(3)11-10-17-20(13-29)32-23(21(17)22(26)30)28-24(31)27-19-9-8-18(25)15-6-4-5-7-16(15)19/h4-9,14H,10-13H2,1-3H3,(H3-,26,27,28,30,31)/p+1. The number of nitrogens with two attached hydrogens (primary N) is 1. The van der Waals surface area contributed by atoms with Crippen LogP contribution in [-0.2, 0) is 13.0 Å². The lowest BCUT2D eigenvalue weighted by Crippen LogP contribution is -2.49. The summed E-state index contributed by atoms with van der Waals surface area (Å²) in [5.41, 5.74) is 7.79. The minimum Gasteiger partial charge on any atom is -0.365 e. The summed E-state index contributed by atoms with van der Waals surface area (Å²) in [5, 5.41) is 8.60. The quantitative estimate of drug-likeness (QED) is 0.432. The molecule has 3 amide bonds. The highest BCUT2D eigenvalue weighted by molar-refractivity contribution is 7.17. The molecule has 2 aromatic carbocycles.